The first-order chi connectivity index (χ1) is 8.79. The highest BCUT2D eigenvalue weighted by molar-refractivity contribution is 5.94. The van der Waals surface area contributed by atoms with Crippen molar-refractivity contribution in [1.82, 2.24) is 0 Å². The summed E-state index contributed by atoms with van der Waals surface area (Å²) in [6.07, 6.45) is -5.68. The number of amides is 1. The van der Waals surface area contributed by atoms with Gasteiger partial charge in [-0.25, -0.2) is 4.39 Å². The van der Waals surface area contributed by atoms with Gasteiger partial charge in [-0.1, -0.05) is 0 Å². The second-order valence-corrected chi connectivity index (χ2v) is 3.64. The smallest absolute Gasteiger partial charge is 0.370 e. The average Bonchev–Trinajstić information content (AvgIpc) is 2.32. The summed E-state index contributed by atoms with van der Waals surface area (Å²) in [7, 11) is 1.21. The zero-order valence-corrected chi connectivity index (χ0v) is 9.92. The van der Waals surface area contributed by atoms with Crippen LogP contribution in [0.5, 0.6) is 0 Å². The van der Waals surface area contributed by atoms with E-state index in [-0.39, 0.29) is 6.54 Å². The minimum Gasteiger partial charge on any atom is -0.370 e. The van der Waals surface area contributed by atoms with Crippen molar-refractivity contribution in [1.29, 1.82) is 0 Å². The van der Waals surface area contributed by atoms with Crippen LogP contribution in [0.2, 0.25) is 0 Å². The van der Waals surface area contributed by atoms with Crippen LogP contribution in [0.15, 0.2) is 18.2 Å². The number of benzene rings is 1. The molecule has 19 heavy (non-hydrogen) atoms. The number of nitrogens with one attached hydrogen (secondary N) is 1. The van der Waals surface area contributed by atoms with Crippen molar-refractivity contribution < 1.29 is 27.1 Å². The van der Waals surface area contributed by atoms with Crippen molar-refractivity contribution in [3.05, 3.63) is 29.6 Å². The first kappa shape index (κ1) is 15.4. The molecule has 1 aromatic carbocycles. The maximum atomic E-state index is 13.3. The van der Waals surface area contributed by atoms with Gasteiger partial charge in [0.1, 0.15) is 11.9 Å². The first-order valence-corrected chi connectivity index (χ1v) is 5.20. The van der Waals surface area contributed by atoms with Crippen LogP contribution in [0.25, 0.3) is 0 Å². The van der Waals surface area contributed by atoms with E-state index in [4.69, 9.17) is 5.73 Å². The molecule has 0 aliphatic carbocycles. The minimum atomic E-state index is -4.62. The zero-order valence-electron chi connectivity index (χ0n) is 9.92. The Labute approximate surface area is 106 Å². The molecule has 106 valence electrons. The molecule has 1 rings (SSSR count). The second-order valence-electron chi connectivity index (χ2n) is 3.64. The Balaban J connectivity index is 2.98. The highest BCUT2D eigenvalue weighted by atomic mass is 19.4. The van der Waals surface area contributed by atoms with Crippen molar-refractivity contribution in [2.45, 2.75) is 12.3 Å². The van der Waals surface area contributed by atoms with Gasteiger partial charge in [-0.15, -0.1) is 0 Å². The van der Waals surface area contributed by atoms with E-state index in [1.165, 1.54) is 7.11 Å². The largest absolute Gasteiger partial charge is 0.416 e. The van der Waals surface area contributed by atoms with Crippen LogP contribution in [0.3, 0.4) is 0 Å². The lowest BCUT2D eigenvalue weighted by Gasteiger charge is -2.15. The lowest BCUT2D eigenvalue weighted by atomic mass is 10.2. The molecule has 0 bridgehead atoms. The molecule has 1 aromatic rings. The van der Waals surface area contributed by atoms with E-state index in [1.807, 2.05) is 5.32 Å². The van der Waals surface area contributed by atoms with Gasteiger partial charge in [-0.3, -0.25) is 4.79 Å². The Morgan fingerprint density at radius 2 is 2.11 bits per heavy atom. The summed E-state index contributed by atoms with van der Waals surface area (Å²) < 4.78 is 55.4. The fourth-order valence-electron chi connectivity index (χ4n) is 1.32. The van der Waals surface area contributed by atoms with Crippen molar-refractivity contribution in [2.75, 3.05) is 19.0 Å². The molecule has 0 radical (unpaired) electrons. The summed E-state index contributed by atoms with van der Waals surface area (Å²) in [5.74, 6) is -1.79. The monoisotopic (exact) mass is 280 g/mol. The summed E-state index contributed by atoms with van der Waals surface area (Å²) >= 11 is 0. The molecule has 0 aromatic heterocycles. The minimum absolute atomic E-state index is 0.178. The standard InChI is InChI=1S/C11H12F4N2O2/c1-19-9(5-16)10(18)17-8-4-6(11(13,14)15)2-3-7(8)12/h2-4,9H,5,16H2,1H3,(H,17,18). The van der Waals surface area contributed by atoms with E-state index in [2.05, 4.69) is 4.74 Å². The molecule has 4 nitrogen and oxygen atoms in total. The Morgan fingerprint density at radius 1 is 1.47 bits per heavy atom. The molecule has 0 saturated carbocycles. The molecular formula is C11H12F4N2O2. The van der Waals surface area contributed by atoms with Crippen molar-refractivity contribution in [3.63, 3.8) is 0 Å². The Kier molecular flexibility index (Phi) is 4.84. The van der Waals surface area contributed by atoms with Gasteiger partial charge in [0.25, 0.3) is 5.91 Å². The highest BCUT2D eigenvalue weighted by Gasteiger charge is 2.31. The van der Waals surface area contributed by atoms with Crippen LogP contribution in [-0.4, -0.2) is 25.7 Å². The molecule has 8 heteroatoms. The van der Waals surface area contributed by atoms with E-state index in [0.717, 1.165) is 0 Å². The average molecular weight is 280 g/mol. The van der Waals surface area contributed by atoms with E-state index in [0.29, 0.717) is 18.2 Å². The van der Waals surface area contributed by atoms with Crippen molar-refractivity contribution in [3.8, 4) is 0 Å². The second kappa shape index (κ2) is 5.98. The van der Waals surface area contributed by atoms with Crippen LogP contribution in [0.4, 0.5) is 23.2 Å². The molecule has 3 N–H and O–H groups in total. The summed E-state index contributed by atoms with van der Waals surface area (Å²) in [4.78, 5) is 11.5. The Morgan fingerprint density at radius 3 is 2.58 bits per heavy atom. The van der Waals surface area contributed by atoms with Crippen LogP contribution in [0.1, 0.15) is 5.56 Å². The lowest BCUT2D eigenvalue weighted by Crippen LogP contribution is -2.36. The molecule has 0 aliphatic rings. The number of ether oxygens (including phenoxy) is 1. The third kappa shape index (κ3) is 3.90. The highest BCUT2D eigenvalue weighted by Crippen LogP contribution is 2.31. The maximum Gasteiger partial charge on any atom is 0.416 e. The fraction of sp³-hybridized carbons (Fsp3) is 0.364. The number of methoxy groups -OCH3 is 1. The first-order valence-electron chi connectivity index (χ1n) is 5.20. The Hall–Kier alpha value is -1.67. The number of carbonyl (C=O) groups excluding carboxylic acids is 1. The normalized spacial score (nSPS) is 13.2. The van der Waals surface area contributed by atoms with Gasteiger partial charge in [0.05, 0.1) is 11.3 Å². The number of hydrogen-bond donors (Lipinski definition) is 2. The predicted octanol–water partition coefficient (Wildman–Crippen LogP) is 1.76. The van der Waals surface area contributed by atoms with Gasteiger partial charge in [-0.2, -0.15) is 13.2 Å². The molecule has 0 saturated heterocycles. The number of alkyl halides is 3. The fourth-order valence-corrected chi connectivity index (χ4v) is 1.32. The molecule has 0 fully saturated rings. The van der Waals surface area contributed by atoms with Gasteiger partial charge >= 0.3 is 6.18 Å². The molecule has 1 amide bonds. The van der Waals surface area contributed by atoms with Crippen LogP contribution >= 0.6 is 0 Å². The maximum absolute atomic E-state index is 13.3. The van der Waals surface area contributed by atoms with Crippen LogP contribution in [-0.2, 0) is 15.7 Å². The van der Waals surface area contributed by atoms with Gasteiger partial charge in [-0.05, 0) is 18.2 Å². The summed E-state index contributed by atoms with van der Waals surface area (Å²) in [6, 6.07) is 1.72. The van der Waals surface area contributed by atoms with E-state index in [9.17, 15) is 22.4 Å². The third-order valence-electron chi connectivity index (χ3n) is 2.34. The van der Waals surface area contributed by atoms with Gasteiger partial charge in [0, 0.05) is 13.7 Å². The summed E-state index contributed by atoms with van der Waals surface area (Å²) in [6.45, 7) is -0.178. The molecule has 1 atom stereocenters. The number of hydrogen-bond acceptors (Lipinski definition) is 3. The summed E-state index contributed by atoms with van der Waals surface area (Å²) in [5, 5.41) is 2.01. The molecule has 1 unspecified atom stereocenters. The van der Waals surface area contributed by atoms with Crippen molar-refractivity contribution >= 4 is 11.6 Å². The topological polar surface area (TPSA) is 64.3 Å². The van der Waals surface area contributed by atoms with Gasteiger partial charge in [0.2, 0.25) is 0 Å². The molecule has 0 spiro atoms. The number of nitrogens with two attached hydrogens (primary N) is 1. The third-order valence-corrected chi connectivity index (χ3v) is 2.34. The molecule has 0 heterocycles. The van der Waals surface area contributed by atoms with Crippen LogP contribution < -0.4 is 11.1 Å². The van der Waals surface area contributed by atoms with Crippen molar-refractivity contribution in [2.24, 2.45) is 5.73 Å². The molecule has 0 aliphatic heterocycles. The lowest BCUT2D eigenvalue weighted by molar-refractivity contribution is -0.137. The Bertz CT molecular complexity index is 458. The molecular weight excluding hydrogens is 268 g/mol. The quantitative estimate of drug-likeness (QED) is 0.826. The number of carbonyl (C=O) groups is 1. The van der Waals surface area contributed by atoms with Crippen LogP contribution in [0, 0.1) is 5.82 Å². The number of rotatable bonds is 4. The number of anilines is 1. The zero-order chi connectivity index (χ0) is 14.6. The SMILES string of the molecule is COC(CN)C(=O)Nc1cc(C(F)(F)F)ccc1F. The summed E-state index contributed by atoms with van der Waals surface area (Å²) in [5.41, 5.74) is 3.58. The van der Waals surface area contributed by atoms with E-state index in [1.54, 1.807) is 0 Å². The van der Waals surface area contributed by atoms with Gasteiger partial charge < -0.3 is 15.8 Å². The van der Waals surface area contributed by atoms with Gasteiger partial charge in [0.15, 0.2) is 0 Å². The predicted molar refractivity (Wildman–Crippen MR) is 59.9 cm³/mol. The van der Waals surface area contributed by atoms with E-state index >= 15 is 0 Å². The number of halogens is 4. The van der Waals surface area contributed by atoms with E-state index < -0.39 is 35.3 Å².